The fourth-order valence-corrected chi connectivity index (χ4v) is 2.58. The number of ether oxygens (including phenoxy) is 2. The van der Waals surface area contributed by atoms with Crippen LogP contribution >= 0.6 is 0 Å². The topological polar surface area (TPSA) is 97.0 Å². The summed E-state index contributed by atoms with van der Waals surface area (Å²) in [5.41, 5.74) is 0. The highest BCUT2D eigenvalue weighted by molar-refractivity contribution is 5.51. The molecule has 27 heavy (non-hydrogen) atoms. The smallest absolute Gasteiger partial charge is 0.396 e. The zero-order chi connectivity index (χ0) is 19.4. The summed E-state index contributed by atoms with van der Waals surface area (Å²) in [6, 6.07) is 1.16. The van der Waals surface area contributed by atoms with Gasteiger partial charge >= 0.3 is 12.8 Å². The Morgan fingerprint density at radius 1 is 1.22 bits per heavy atom. The molecule has 0 amide bonds. The van der Waals surface area contributed by atoms with E-state index in [1.165, 1.54) is 12.4 Å². The summed E-state index contributed by atoms with van der Waals surface area (Å²) in [5, 5.41) is 11.3. The molecule has 1 aliphatic rings. The van der Waals surface area contributed by atoms with Gasteiger partial charge in [0.2, 0.25) is 11.8 Å². The minimum Gasteiger partial charge on any atom is -0.472 e. The Morgan fingerprint density at radius 2 is 2.04 bits per heavy atom. The maximum atomic E-state index is 13.1. The number of piperidine rings is 1. The number of nitrogens with zero attached hydrogens (tertiary/aromatic N) is 3. The number of aromatic amines is 1. The van der Waals surface area contributed by atoms with E-state index in [-0.39, 0.29) is 36.4 Å². The molecule has 3 N–H and O–H groups in total. The van der Waals surface area contributed by atoms with Crippen molar-refractivity contribution >= 4 is 11.6 Å². The Bertz CT molecular complexity index is 756. The van der Waals surface area contributed by atoms with E-state index >= 15 is 0 Å². The Kier molecular flexibility index (Phi) is 5.58. The number of anilines is 2. The number of alkyl halides is 5. The molecule has 0 saturated carbocycles. The molecular weight excluding hydrogens is 379 g/mol. The standard InChI is InChI=1S/C14H15F5N6O2/c15-13(16)27-11-3-9(24-25-11)22-10-5-21-6-12(23-10)26-8-1-2-20-4-7(8)14(17,18)19/h3,5-8,13,20H,1-2,4H2,(H2,22,23,24,25). The third-order valence-corrected chi connectivity index (χ3v) is 3.75. The third-order valence-electron chi connectivity index (χ3n) is 3.75. The van der Waals surface area contributed by atoms with Gasteiger partial charge in [-0.25, -0.2) is 0 Å². The molecule has 148 valence electrons. The molecule has 3 heterocycles. The van der Waals surface area contributed by atoms with Gasteiger partial charge in [0.25, 0.3) is 0 Å². The van der Waals surface area contributed by atoms with E-state index in [9.17, 15) is 22.0 Å². The van der Waals surface area contributed by atoms with Gasteiger partial charge in [-0.2, -0.15) is 26.9 Å². The Balaban J connectivity index is 1.67. The first-order chi connectivity index (χ1) is 12.8. The highest BCUT2D eigenvalue weighted by Crippen LogP contribution is 2.33. The molecule has 3 rings (SSSR count). The monoisotopic (exact) mass is 394 g/mol. The van der Waals surface area contributed by atoms with Crippen molar-refractivity contribution in [2.24, 2.45) is 5.92 Å². The molecule has 2 aromatic rings. The summed E-state index contributed by atoms with van der Waals surface area (Å²) in [4.78, 5) is 7.88. The summed E-state index contributed by atoms with van der Waals surface area (Å²) in [6.45, 7) is -2.87. The van der Waals surface area contributed by atoms with Crippen LogP contribution in [0.25, 0.3) is 0 Å². The van der Waals surface area contributed by atoms with Gasteiger partial charge in [0.05, 0.1) is 12.4 Å². The SMILES string of the molecule is FC(F)Oc1cc(Nc2cncc(OC3CCNCC3C(F)(F)F)n2)[nH]n1. The molecule has 0 aromatic carbocycles. The van der Waals surface area contributed by atoms with E-state index in [0.717, 1.165) is 6.07 Å². The molecule has 8 nitrogen and oxygen atoms in total. The van der Waals surface area contributed by atoms with Crippen LogP contribution in [0.15, 0.2) is 18.5 Å². The number of rotatable bonds is 6. The zero-order valence-corrected chi connectivity index (χ0v) is 13.6. The van der Waals surface area contributed by atoms with Gasteiger partial charge in [0, 0.05) is 12.6 Å². The fourth-order valence-electron chi connectivity index (χ4n) is 2.58. The number of halogens is 5. The summed E-state index contributed by atoms with van der Waals surface area (Å²) in [7, 11) is 0. The maximum Gasteiger partial charge on any atom is 0.396 e. The van der Waals surface area contributed by atoms with E-state index in [4.69, 9.17) is 4.74 Å². The number of nitrogens with one attached hydrogen (secondary N) is 3. The first-order valence-corrected chi connectivity index (χ1v) is 7.84. The molecule has 2 atom stereocenters. The van der Waals surface area contributed by atoms with Crippen LogP contribution in [0.2, 0.25) is 0 Å². The molecule has 0 aliphatic carbocycles. The highest BCUT2D eigenvalue weighted by atomic mass is 19.4. The molecule has 2 unspecified atom stereocenters. The van der Waals surface area contributed by atoms with Crippen LogP contribution in [0.3, 0.4) is 0 Å². The number of H-pyrrole nitrogens is 1. The van der Waals surface area contributed by atoms with Gasteiger partial charge < -0.3 is 20.1 Å². The number of hydrogen-bond donors (Lipinski definition) is 3. The van der Waals surface area contributed by atoms with Crippen LogP contribution in [-0.2, 0) is 0 Å². The van der Waals surface area contributed by atoms with Gasteiger partial charge in [0.15, 0.2) is 5.82 Å². The summed E-state index contributed by atoms with van der Waals surface area (Å²) in [5.74, 6) is -1.80. The van der Waals surface area contributed by atoms with Gasteiger partial charge in [0.1, 0.15) is 17.8 Å². The van der Waals surface area contributed by atoms with E-state index in [1.54, 1.807) is 0 Å². The average Bonchev–Trinajstić information content (AvgIpc) is 3.01. The van der Waals surface area contributed by atoms with Crippen molar-refractivity contribution in [3.63, 3.8) is 0 Å². The van der Waals surface area contributed by atoms with Crippen molar-refractivity contribution in [2.75, 3.05) is 18.4 Å². The molecule has 2 aromatic heterocycles. The molecule has 0 spiro atoms. The van der Waals surface area contributed by atoms with Crippen molar-refractivity contribution in [3.05, 3.63) is 18.5 Å². The van der Waals surface area contributed by atoms with Crippen LogP contribution in [0.5, 0.6) is 11.8 Å². The molecule has 0 bridgehead atoms. The average molecular weight is 394 g/mol. The lowest BCUT2D eigenvalue weighted by atomic mass is 9.95. The predicted octanol–water partition coefficient (Wildman–Crippen LogP) is 2.46. The fraction of sp³-hybridized carbons (Fsp3) is 0.500. The van der Waals surface area contributed by atoms with Crippen molar-refractivity contribution in [2.45, 2.75) is 25.3 Å². The third kappa shape index (κ3) is 5.15. The van der Waals surface area contributed by atoms with Crippen molar-refractivity contribution in [1.29, 1.82) is 0 Å². The Morgan fingerprint density at radius 3 is 2.78 bits per heavy atom. The zero-order valence-electron chi connectivity index (χ0n) is 13.6. The second-order valence-corrected chi connectivity index (χ2v) is 5.66. The molecule has 0 radical (unpaired) electrons. The molecule has 1 aliphatic heterocycles. The number of hydrogen-bond acceptors (Lipinski definition) is 7. The molecule has 13 heteroatoms. The van der Waals surface area contributed by atoms with Crippen LogP contribution in [-0.4, -0.2) is 52.1 Å². The first kappa shape index (κ1) is 19.1. The second-order valence-electron chi connectivity index (χ2n) is 5.66. The van der Waals surface area contributed by atoms with Gasteiger partial charge in [-0.3, -0.25) is 10.1 Å². The minimum atomic E-state index is -4.40. The lowest BCUT2D eigenvalue weighted by Gasteiger charge is -2.33. The molecular formula is C14H15F5N6O2. The Hall–Kier alpha value is -2.70. The predicted molar refractivity (Wildman–Crippen MR) is 82.0 cm³/mol. The maximum absolute atomic E-state index is 13.1. The minimum absolute atomic E-state index is 0.0929. The van der Waals surface area contributed by atoms with Crippen molar-refractivity contribution in [3.8, 4) is 11.8 Å². The lowest BCUT2D eigenvalue weighted by molar-refractivity contribution is -0.199. The van der Waals surface area contributed by atoms with E-state index in [1.807, 2.05) is 0 Å². The van der Waals surface area contributed by atoms with Crippen LogP contribution in [0, 0.1) is 5.92 Å². The van der Waals surface area contributed by atoms with E-state index in [2.05, 4.69) is 35.5 Å². The largest absolute Gasteiger partial charge is 0.472 e. The van der Waals surface area contributed by atoms with Gasteiger partial charge in [-0.05, 0) is 13.0 Å². The van der Waals surface area contributed by atoms with Crippen LogP contribution in [0.1, 0.15) is 6.42 Å². The highest BCUT2D eigenvalue weighted by Gasteiger charge is 2.47. The molecule has 1 saturated heterocycles. The summed E-state index contributed by atoms with van der Waals surface area (Å²) < 4.78 is 73.1. The lowest BCUT2D eigenvalue weighted by Crippen LogP contribution is -2.49. The summed E-state index contributed by atoms with van der Waals surface area (Å²) in [6.07, 6.45) is -2.85. The second kappa shape index (κ2) is 7.90. The summed E-state index contributed by atoms with van der Waals surface area (Å²) >= 11 is 0. The first-order valence-electron chi connectivity index (χ1n) is 7.84. The molecule has 1 fully saturated rings. The van der Waals surface area contributed by atoms with Gasteiger partial charge in [-0.15, -0.1) is 5.10 Å². The van der Waals surface area contributed by atoms with E-state index < -0.39 is 24.8 Å². The van der Waals surface area contributed by atoms with Crippen molar-refractivity contribution in [1.82, 2.24) is 25.5 Å². The Labute approximate surface area is 149 Å². The van der Waals surface area contributed by atoms with Crippen molar-refractivity contribution < 1.29 is 31.4 Å². The normalized spacial score (nSPS) is 20.5. The van der Waals surface area contributed by atoms with Gasteiger partial charge in [-0.1, -0.05) is 0 Å². The van der Waals surface area contributed by atoms with Crippen LogP contribution in [0.4, 0.5) is 33.6 Å². The van der Waals surface area contributed by atoms with E-state index in [0.29, 0.717) is 6.54 Å². The quantitative estimate of drug-likeness (QED) is 0.648. The number of aromatic nitrogens is 4. The van der Waals surface area contributed by atoms with Crippen LogP contribution < -0.4 is 20.1 Å².